The lowest BCUT2D eigenvalue weighted by atomic mass is 9.79. The first-order valence-electron chi connectivity index (χ1n) is 6.24. The van der Waals surface area contributed by atoms with Gasteiger partial charge in [0.2, 0.25) is 0 Å². The minimum Gasteiger partial charge on any atom is -0.327 e. The molecule has 1 fully saturated rings. The van der Waals surface area contributed by atoms with Gasteiger partial charge >= 0.3 is 0 Å². The molecule has 0 amide bonds. The van der Waals surface area contributed by atoms with E-state index < -0.39 is 10.1 Å². The Morgan fingerprint density at radius 2 is 1.89 bits per heavy atom. The number of nitrogens with two attached hydrogens (primary N) is 1. The fourth-order valence-electron chi connectivity index (χ4n) is 2.58. The van der Waals surface area contributed by atoms with E-state index in [1.165, 1.54) is 0 Å². The lowest BCUT2D eigenvalue weighted by molar-refractivity contribution is 0.142. The van der Waals surface area contributed by atoms with E-state index in [2.05, 4.69) is 0 Å². The van der Waals surface area contributed by atoms with Gasteiger partial charge in [0, 0.05) is 17.0 Å². The fraction of sp³-hybridized carbons (Fsp3) is 0.538. The van der Waals surface area contributed by atoms with E-state index in [0.29, 0.717) is 17.9 Å². The third-order valence-electron chi connectivity index (χ3n) is 3.46. The Bertz CT molecular complexity index is 529. The van der Waals surface area contributed by atoms with Crippen LogP contribution in [0.3, 0.4) is 0 Å². The summed E-state index contributed by atoms with van der Waals surface area (Å²) in [5.74, 6) is 0.109. The standard InChI is InChI=1S/C13H18ClNO3S/c1-19(16,17)18-11-6-7-13(15)12(8-11)9-2-4-10(14)5-3-9/h2-5,11-13H,6-8,15H2,1H3. The lowest BCUT2D eigenvalue weighted by Crippen LogP contribution is -2.38. The van der Waals surface area contributed by atoms with Crippen molar-refractivity contribution in [3.05, 3.63) is 34.9 Å². The molecule has 0 spiro atoms. The molecule has 2 N–H and O–H groups in total. The predicted octanol–water partition coefficient (Wildman–Crippen LogP) is 2.28. The molecule has 6 heteroatoms. The van der Waals surface area contributed by atoms with Crippen molar-refractivity contribution < 1.29 is 12.6 Å². The number of hydrogen-bond acceptors (Lipinski definition) is 4. The lowest BCUT2D eigenvalue weighted by Gasteiger charge is -2.33. The highest BCUT2D eigenvalue weighted by Gasteiger charge is 2.31. The van der Waals surface area contributed by atoms with Crippen LogP contribution in [0.5, 0.6) is 0 Å². The first-order valence-corrected chi connectivity index (χ1v) is 8.44. The normalized spacial score (nSPS) is 28.3. The maximum absolute atomic E-state index is 11.2. The Kier molecular flexibility index (Phi) is 4.50. The average Bonchev–Trinajstić information content (AvgIpc) is 2.31. The fourth-order valence-corrected chi connectivity index (χ4v) is 3.38. The van der Waals surface area contributed by atoms with Crippen LogP contribution in [0.15, 0.2) is 24.3 Å². The van der Waals surface area contributed by atoms with Crippen molar-refractivity contribution in [2.75, 3.05) is 6.26 Å². The van der Waals surface area contributed by atoms with E-state index in [9.17, 15) is 8.42 Å². The number of hydrogen-bond donors (Lipinski definition) is 1. The van der Waals surface area contributed by atoms with E-state index in [1.54, 1.807) is 0 Å². The van der Waals surface area contributed by atoms with Gasteiger partial charge in [-0.15, -0.1) is 0 Å². The molecule has 0 aromatic heterocycles. The first kappa shape index (κ1) is 14.8. The molecule has 3 atom stereocenters. The van der Waals surface area contributed by atoms with Crippen molar-refractivity contribution >= 4 is 21.7 Å². The molecular formula is C13H18ClNO3S. The molecule has 3 unspecified atom stereocenters. The maximum atomic E-state index is 11.2. The van der Waals surface area contributed by atoms with Gasteiger partial charge in [-0.25, -0.2) is 0 Å². The zero-order valence-electron chi connectivity index (χ0n) is 10.8. The summed E-state index contributed by atoms with van der Waals surface area (Å²) in [5.41, 5.74) is 7.22. The van der Waals surface area contributed by atoms with E-state index in [0.717, 1.165) is 18.2 Å². The summed E-state index contributed by atoms with van der Waals surface area (Å²) in [6.07, 6.45) is 2.86. The molecule has 0 aliphatic heterocycles. The molecule has 1 aliphatic rings. The summed E-state index contributed by atoms with van der Waals surface area (Å²) in [7, 11) is -3.42. The Hall–Kier alpha value is -0.620. The Balaban J connectivity index is 2.12. The molecular weight excluding hydrogens is 286 g/mol. The van der Waals surface area contributed by atoms with Crippen LogP contribution in [0.2, 0.25) is 5.02 Å². The quantitative estimate of drug-likeness (QED) is 0.870. The van der Waals surface area contributed by atoms with Crippen molar-refractivity contribution in [3.63, 3.8) is 0 Å². The summed E-state index contributed by atoms with van der Waals surface area (Å²) >= 11 is 5.87. The number of halogens is 1. The molecule has 19 heavy (non-hydrogen) atoms. The number of rotatable bonds is 3. The topological polar surface area (TPSA) is 69.4 Å². The summed E-state index contributed by atoms with van der Waals surface area (Å²) in [4.78, 5) is 0. The van der Waals surface area contributed by atoms with Crippen LogP contribution in [0.1, 0.15) is 30.7 Å². The molecule has 1 aliphatic carbocycles. The molecule has 0 bridgehead atoms. The van der Waals surface area contributed by atoms with Crippen molar-refractivity contribution in [1.29, 1.82) is 0 Å². The van der Waals surface area contributed by atoms with Gasteiger partial charge in [0.25, 0.3) is 10.1 Å². The minimum absolute atomic E-state index is 0.0283. The second kappa shape index (κ2) is 5.79. The average molecular weight is 304 g/mol. The molecule has 1 aromatic rings. The third kappa shape index (κ3) is 4.18. The van der Waals surface area contributed by atoms with E-state index in [-0.39, 0.29) is 18.1 Å². The van der Waals surface area contributed by atoms with Crippen LogP contribution in [-0.4, -0.2) is 26.8 Å². The van der Waals surface area contributed by atoms with Gasteiger partial charge in [0.05, 0.1) is 12.4 Å². The van der Waals surface area contributed by atoms with Gasteiger partial charge in [0.15, 0.2) is 0 Å². The summed E-state index contributed by atoms with van der Waals surface area (Å²) in [6.45, 7) is 0. The molecule has 0 heterocycles. The highest BCUT2D eigenvalue weighted by Crippen LogP contribution is 2.34. The van der Waals surface area contributed by atoms with Gasteiger partial charge in [-0.3, -0.25) is 4.18 Å². The largest absolute Gasteiger partial charge is 0.327 e. The number of benzene rings is 1. The molecule has 1 saturated carbocycles. The Morgan fingerprint density at radius 1 is 1.26 bits per heavy atom. The SMILES string of the molecule is CS(=O)(=O)OC1CCC(N)C(c2ccc(Cl)cc2)C1. The second-order valence-electron chi connectivity index (χ2n) is 5.06. The van der Waals surface area contributed by atoms with Crippen molar-refractivity contribution in [1.82, 2.24) is 0 Å². The van der Waals surface area contributed by atoms with Crippen LogP contribution < -0.4 is 5.73 Å². The highest BCUT2D eigenvalue weighted by atomic mass is 35.5. The zero-order chi connectivity index (χ0) is 14.0. The smallest absolute Gasteiger partial charge is 0.264 e. The maximum Gasteiger partial charge on any atom is 0.264 e. The van der Waals surface area contributed by atoms with Crippen LogP contribution in [0.4, 0.5) is 0 Å². The van der Waals surface area contributed by atoms with Crippen LogP contribution >= 0.6 is 11.6 Å². The summed E-state index contributed by atoms with van der Waals surface area (Å²) in [6, 6.07) is 7.56. The van der Waals surface area contributed by atoms with Crippen LogP contribution in [-0.2, 0) is 14.3 Å². The molecule has 0 radical (unpaired) electrons. The van der Waals surface area contributed by atoms with Crippen LogP contribution in [0, 0.1) is 0 Å². The van der Waals surface area contributed by atoms with Crippen LogP contribution in [0.25, 0.3) is 0 Å². The van der Waals surface area contributed by atoms with E-state index in [4.69, 9.17) is 21.5 Å². The monoisotopic (exact) mass is 303 g/mol. The molecule has 0 saturated heterocycles. The second-order valence-corrected chi connectivity index (χ2v) is 7.09. The molecule has 2 rings (SSSR count). The van der Waals surface area contributed by atoms with Gasteiger partial charge in [-0.1, -0.05) is 23.7 Å². The highest BCUT2D eigenvalue weighted by molar-refractivity contribution is 7.86. The molecule has 106 valence electrons. The molecule has 4 nitrogen and oxygen atoms in total. The minimum atomic E-state index is -3.42. The zero-order valence-corrected chi connectivity index (χ0v) is 12.3. The third-order valence-corrected chi connectivity index (χ3v) is 4.34. The Labute approximate surface area is 119 Å². The van der Waals surface area contributed by atoms with Gasteiger partial charge in [-0.05, 0) is 37.0 Å². The van der Waals surface area contributed by atoms with E-state index in [1.807, 2.05) is 24.3 Å². The van der Waals surface area contributed by atoms with Crippen molar-refractivity contribution in [2.45, 2.75) is 37.3 Å². The van der Waals surface area contributed by atoms with Crippen molar-refractivity contribution in [2.24, 2.45) is 5.73 Å². The molecule has 1 aromatic carbocycles. The van der Waals surface area contributed by atoms with E-state index >= 15 is 0 Å². The van der Waals surface area contributed by atoms with Gasteiger partial charge in [-0.2, -0.15) is 8.42 Å². The van der Waals surface area contributed by atoms with Gasteiger partial charge < -0.3 is 5.73 Å². The predicted molar refractivity (Wildman–Crippen MR) is 75.7 cm³/mol. The first-order chi connectivity index (χ1) is 8.85. The summed E-state index contributed by atoms with van der Waals surface area (Å²) in [5, 5.41) is 0.678. The summed E-state index contributed by atoms with van der Waals surface area (Å²) < 4.78 is 27.5. The van der Waals surface area contributed by atoms with Crippen molar-refractivity contribution in [3.8, 4) is 0 Å². The van der Waals surface area contributed by atoms with Gasteiger partial charge in [0.1, 0.15) is 0 Å². The Morgan fingerprint density at radius 3 is 2.47 bits per heavy atom.